The van der Waals surface area contributed by atoms with Crippen molar-refractivity contribution in [2.75, 3.05) is 26.0 Å². The van der Waals surface area contributed by atoms with Crippen molar-refractivity contribution >= 4 is 17.7 Å². The third kappa shape index (κ3) is 2.64. The van der Waals surface area contributed by atoms with Crippen LogP contribution in [0.25, 0.3) is 0 Å². The van der Waals surface area contributed by atoms with Crippen molar-refractivity contribution in [1.82, 2.24) is 14.9 Å². The number of ether oxygens (including phenoxy) is 1. The van der Waals surface area contributed by atoms with Crippen LogP contribution in [0.4, 0.5) is 5.82 Å². The minimum Gasteiger partial charge on any atom is -0.465 e. The van der Waals surface area contributed by atoms with E-state index in [0.29, 0.717) is 24.6 Å². The Morgan fingerprint density at radius 1 is 1.58 bits per heavy atom. The van der Waals surface area contributed by atoms with Crippen LogP contribution in [-0.2, 0) is 9.53 Å². The average molecular weight is 264 g/mol. The predicted molar refractivity (Wildman–Crippen MR) is 67.8 cm³/mol. The third-order valence-corrected chi connectivity index (χ3v) is 3.05. The van der Waals surface area contributed by atoms with Crippen molar-refractivity contribution in [3.8, 4) is 0 Å². The standard InChI is InChI=1S/C12H16N4O3/c1-7-13-6-8(12(18)19-3)10(14-7)15-9-4-5-16(2)11(9)17/h6,9H,4-5H2,1-3H3,(H,13,14,15). The number of nitrogens with zero attached hydrogens (tertiary/aromatic N) is 3. The molecule has 1 N–H and O–H groups in total. The van der Waals surface area contributed by atoms with Crippen LogP contribution < -0.4 is 5.32 Å². The van der Waals surface area contributed by atoms with Crippen LogP contribution in [0.5, 0.6) is 0 Å². The molecule has 2 heterocycles. The fourth-order valence-electron chi connectivity index (χ4n) is 1.96. The van der Waals surface area contributed by atoms with Gasteiger partial charge in [0.15, 0.2) is 0 Å². The monoisotopic (exact) mass is 264 g/mol. The fraction of sp³-hybridized carbons (Fsp3) is 0.500. The van der Waals surface area contributed by atoms with Gasteiger partial charge in [0.1, 0.15) is 23.2 Å². The number of methoxy groups -OCH3 is 1. The lowest BCUT2D eigenvalue weighted by molar-refractivity contribution is -0.127. The highest BCUT2D eigenvalue weighted by atomic mass is 16.5. The number of nitrogens with one attached hydrogen (secondary N) is 1. The SMILES string of the molecule is COC(=O)c1cnc(C)nc1NC1CCN(C)C1=O. The number of carbonyl (C=O) groups excluding carboxylic acids is 2. The molecule has 0 spiro atoms. The van der Waals surface area contributed by atoms with Crippen molar-refractivity contribution in [1.29, 1.82) is 0 Å². The van der Waals surface area contributed by atoms with Gasteiger partial charge in [0.05, 0.1) is 7.11 Å². The molecule has 1 atom stereocenters. The first-order valence-corrected chi connectivity index (χ1v) is 5.96. The summed E-state index contributed by atoms with van der Waals surface area (Å²) in [6.45, 7) is 2.41. The Morgan fingerprint density at radius 2 is 2.32 bits per heavy atom. The molecule has 102 valence electrons. The third-order valence-electron chi connectivity index (χ3n) is 3.05. The van der Waals surface area contributed by atoms with E-state index in [1.165, 1.54) is 13.3 Å². The molecule has 1 aromatic rings. The highest BCUT2D eigenvalue weighted by molar-refractivity contribution is 5.95. The van der Waals surface area contributed by atoms with Crippen LogP contribution in [0.15, 0.2) is 6.20 Å². The van der Waals surface area contributed by atoms with E-state index >= 15 is 0 Å². The van der Waals surface area contributed by atoms with Crippen molar-refractivity contribution < 1.29 is 14.3 Å². The summed E-state index contributed by atoms with van der Waals surface area (Å²) in [5.41, 5.74) is 0.232. The minimum atomic E-state index is -0.527. The lowest BCUT2D eigenvalue weighted by atomic mass is 10.2. The number of rotatable bonds is 3. The first-order chi connectivity index (χ1) is 9.02. The molecule has 1 aliphatic rings. The molecule has 1 fully saturated rings. The lowest BCUT2D eigenvalue weighted by Crippen LogP contribution is -2.32. The van der Waals surface area contributed by atoms with Gasteiger partial charge in [0.25, 0.3) is 0 Å². The van der Waals surface area contributed by atoms with E-state index in [-0.39, 0.29) is 17.5 Å². The second-order valence-electron chi connectivity index (χ2n) is 4.42. The molecule has 0 saturated carbocycles. The number of esters is 1. The zero-order valence-corrected chi connectivity index (χ0v) is 11.1. The normalized spacial score (nSPS) is 18.6. The number of carbonyl (C=O) groups is 2. The van der Waals surface area contributed by atoms with Gasteiger partial charge in [-0.15, -0.1) is 0 Å². The number of anilines is 1. The first kappa shape index (κ1) is 13.3. The lowest BCUT2D eigenvalue weighted by Gasteiger charge is -2.15. The predicted octanol–water partition coefficient (Wildman–Crippen LogP) is 0.214. The van der Waals surface area contributed by atoms with Crippen LogP contribution >= 0.6 is 0 Å². The number of aryl methyl sites for hydroxylation is 1. The number of hydrogen-bond donors (Lipinski definition) is 1. The molecular formula is C12H16N4O3. The van der Waals surface area contributed by atoms with Gasteiger partial charge in [-0.2, -0.15) is 0 Å². The second kappa shape index (κ2) is 5.21. The molecule has 0 bridgehead atoms. The first-order valence-electron chi connectivity index (χ1n) is 5.96. The molecule has 1 unspecified atom stereocenters. The smallest absolute Gasteiger partial charge is 0.343 e. The largest absolute Gasteiger partial charge is 0.465 e. The Morgan fingerprint density at radius 3 is 2.89 bits per heavy atom. The molecule has 0 aromatic carbocycles. The van der Waals surface area contributed by atoms with Crippen LogP contribution in [0.3, 0.4) is 0 Å². The van der Waals surface area contributed by atoms with Gasteiger partial charge in [0, 0.05) is 19.8 Å². The minimum absolute atomic E-state index is 0.00733. The van der Waals surface area contributed by atoms with Gasteiger partial charge in [0.2, 0.25) is 5.91 Å². The summed E-state index contributed by atoms with van der Waals surface area (Å²) >= 11 is 0. The summed E-state index contributed by atoms with van der Waals surface area (Å²) < 4.78 is 4.67. The number of likely N-dealkylation sites (N-methyl/N-ethyl adjacent to an activating group) is 1. The van der Waals surface area contributed by atoms with Gasteiger partial charge in [-0.3, -0.25) is 4.79 Å². The van der Waals surface area contributed by atoms with E-state index in [0.717, 1.165) is 0 Å². The van der Waals surface area contributed by atoms with Gasteiger partial charge in [-0.1, -0.05) is 0 Å². The highest BCUT2D eigenvalue weighted by Crippen LogP contribution is 2.18. The maximum Gasteiger partial charge on any atom is 0.343 e. The number of aromatic nitrogens is 2. The Kier molecular flexibility index (Phi) is 3.64. The Balaban J connectivity index is 2.26. The van der Waals surface area contributed by atoms with Crippen molar-refractivity contribution in [3.05, 3.63) is 17.6 Å². The van der Waals surface area contributed by atoms with Crippen molar-refractivity contribution in [2.45, 2.75) is 19.4 Å². The molecule has 7 nitrogen and oxygen atoms in total. The van der Waals surface area contributed by atoms with Gasteiger partial charge in [-0.05, 0) is 13.3 Å². The van der Waals surface area contributed by atoms with Gasteiger partial charge >= 0.3 is 5.97 Å². The van der Waals surface area contributed by atoms with E-state index in [1.54, 1.807) is 18.9 Å². The van der Waals surface area contributed by atoms with Crippen molar-refractivity contribution in [2.24, 2.45) is 0 Å². The van der Waals surface area contributed by atoms with Gasteiger partial charge in [-0.25, -0.2) is 14.8 Å². The molecule has 1 saturated heterocycles. The molecular weight excluding hydrogens is 248 g/mol. The molecule has 0 radical (unpaired) electrons. The van der Waals surface area contributed by atoms with E-state index in [1.807, 2.05) is 0 Å². The summed E-state index contributed by atoms with van der Waals surface area (Å²) in [6.07, 6.45) is 2.08. The van der Waals surface area contributed by atoms with Crippen LogP contribution in [-0.4, -0.2) is 53.5 Å². The average Bonchev–Trinajstić information content (AvgIpc) is 2.70. The highest BCUT2D eigenvalue weighted by Gasteiger charge is 2.30. The molecule has 1 aliphatic heterocycles. The molecule has 19 heavy (non-hydrogen) atoms. The summed E-state index contributed by atoms with van der Waals surface area (Å²) in [5.74, 6) is 0.329. The molecule has 1 aromatic heterocycles. The van der Waals surface area contributed by atoms with Gasteiger partial charge < -0.3 is 15.0 Å². The Bertz CT molecular complexity index is 518. The fourth-order valence-corrected chi connectivity index (χ4v) is 1.96. The Hall–Kier alpha value is -2.18. The topological polar surface area (TPSA) is 84.4 Å². The second-order valence-corrected chi connectivity index (χ2v) is 4.42. The van der Waals surface area contributed by atoms with E-state index < -0.39 is 5.97 Å². The van der Waals surface area contributed by atoms with Crippen LogP contribution in [0.2, 0.25) is 0 Å². The summed E-state index contributed by atoms with van der Waals surface area (Å²) in [6, 6.07) is -0.359. The maximum atomic E-state index is 11.8. The summed E-state index contributed by atoms with van der Waals surface area (Å²) in [5, 5.41) is 3.00. The van der Waals surface area contributed by atoms with E-state index in [9.17, 15) is 9.59 Å². The molecule has 2 rings (SSSR count). The summed E-state index contributed by atoms with van der Waals surface area (Å²) in [7, 11) is 3.04. The maximum absolute atomic E-state index is 11.8. The van der Waals surface area contributed by atoms with E-state index in [4.69, 9.17) is 0 Å². The van der Waals surface area contributed by atoms with E-state index in [2.05, 4.69) is 20.0 Å². The molecule has 7 heteroatoms. The quantitative estimate of drug-likeness (QED) is 0.786. The number of hydrogen-bond acceptors (Lipinski definition) is 6. The molecule has 0 aliphatic carbocycles. The zero-order valence-electron chi connectivity index (χ0n) is 11.1. The van der Waals surface area contributed by atoms with Crippen LogP contribution in [0.1, 0.15) is 22.6 Å². The number of amides is 1. The van der Waals surface area contributed by atoms with Crippen LogP contribution in [0, 0.1) is 6.92 Å². The molecule has 1 amide bonds. The number of likely N-dealkylation sites (tertiary alicyclic amines) is 1. The Labute approximate surface area is 111 Å². The summed E-state index contributed by atoms with van der Waals surface area (Å²) in [4.78, 5) is 33.3. The zero-order chi connectivity index (χ0) is 14.0. The van der Waals surface area contributed by atoms with Crippen molar-refractivity contribution in [3.63, 3.8) is 0 Å².